The van der Waals surface area contributed by atoms with Gasteiger partial charge in [-0.2, -0.15) is 0 Å². The van der Waals surface area contributed by atoms with Gasteiger partial charge >= 0.3 is 5.97 Å². The second kappa shape index (κ2) is 4.60. The Hall–Kier alpha value is -2.17. The van der Waals surface area contributed by atoms with Crippen molar-refractivity contribution in [2.24, 2.45) is 0 Å². The lowest BCUT2D eigenvalue weighted by Gasteiger charge is -2.07. The van der Waals surface area contributed by atoms with Crippen molar-refractivity contribution in [3.63, 3.8) is 0 Å². The zero-order valence-corrected chi connectivity index (χ0v) is 10.4. The van der Waals surface area contributed by atoms with Crippen LogP contribution >= 0.6 is 0 Å². The first kappa shape index (κ1) is 12.3. The summed E-state index contributed by atoms with van der Waals surface area (Å²) in [7, 11) is 1.31. The van der Waals surface area contributed by atoms with Gasteiger partial charge in [-0.1, -0.05) is 0 Å². The molecule has 4 nitrogen and oxygen atoms in total. The minimum atomic E-state index is -0.475. The Morgan fingerprint density at radius 3 is 2.44 bits per heavy atom. The van der Waals surface area contributed by atoms with Crippen molar-refractivity contribution < 1.29 is 13.9 Å². The molecule has 2 aromatic rings. The van der Waals surface area contributed by atoms with Gasteiger partial charge in [0.2, 0.25) is 0 Å². The predicted molar refractivity (Wildman–Crippen MR) is 64.3 cm³/mol. The molecule has 0 aliphatic rings. The highest BCUT2D eigenvalue weighted by atomic mass is 19.1. The van der Waals surface area contributed by atoms with Crippen LogP contribution in [0, 0.1) is 19.7 Å². The highest BCUT2D eigenvalue weighted by molar-refractivity contribution is 5.88. The smallest absolute Gasteiger partial charge is 0.358 e. The molecule has 0 spiro atoms. The first-order valence-electron chi connectivity index (χ1n) is 5.44. The van der Waals surface area contributed by atoms with Gasteiger partial charge in [-0.15, -0.1) is 0 Å². The summed E-state index contributed by atoms with van der Waals surface area (Å²) in [4.78, 5) is 15.7. The van der Waals surface area contributed by atoms with Crippen LogP contribution in [0.5, 0.6) is 0 Å². The van der Waals surface area contributed by atoms with Crippen LogP contribution in [0.25, 0.3) is 5.69 Å². The summed E-state index contributed by atoms with van der Waals surface area (Å²) in [6, 6.07) is 6.01. The average molecular weight is 248 g/mol. The number of ether oxygens (including phenoxy) is 1. The zero-order chi connectivity index (χ0) is 13.3. The molecule has 0 N–H and O–H groups in total. The number of nitrogens with zero attached hydrogens (tertiary/aromatic N) is 2. The van der Waals surface area contributed by atoms with E-state index in [2.05, 4.69) is 9.72 Å². The SMILES string of the molecule is COC(=O)c1nc(C)n(-c2ccc(F)cc2)c1C. The molecule has 1 heterocycles. The minimum absolute atomic E-state index is 0.277. The van der Waals surface area contributed by atoms with Gasteiger partial charge < -0.3 is 9.30 Å². The van der Waals surface area contributed by atoms with E-state index in [1.165, 1.54) is 19.2 Å². The number of aromatic nitrogens is 2. The summed E-state index contributed by atoms with van der Waals surface area (Å²) in [6.45, 7) is 3.55. The van der Waals surface area contributed by atoms with Crippen molar-refractivity contribution in [2.45, 2.75) is 13.8 Å². The van der Waals surface area contributed by atoms with Crippen LogP contribution < -0.4 is 0 Å². The lowest BCUT2D eigenvalue weighted by atomic mass is 10.3. The first-order chi connectivity index (χ1) is 8.54. The highest BCUT2D eigenvalue weighted by Gasteiger charge is 2.18. The van der Waals surface area contributed by atoms with Crippen molar-refractivity contribution >= 4 is 5.97 Å². The van der Waals surface area contributed by atoms with E-state index in [0.29, 0.717) is 11.5 Å². The largest absolute Gasteiger partial charge is 0.464 e. The number of benzene rings is 1. The van der Waals surface area contributed by atoms with E-state index in [9.17, 15) is 9.18 Å². The maximum atomic E-state index is 12.9. The molecule has 1 aromatic carbocycles. The number of hydrogen-bond donors (Lipinski definition) is 0. The van der Waals surface area contributed by atoms with Crippen LogP contribution in [0.2, 0.25) is 0 Å². The molecule has 0 atom stereocenters. The minimum Gasteiger partial charge on any atom is -0.464 e. The Morgan fingerprint density at radius 2 is 1.89 bits per heavy atom. The maximum absolute atomic E-state index is 12.9. The number of rotatable bonds is 2. The van der Waals surface area contributed by atoms with E-state index in [1.54, 1.807) is 30.5 Å². The molecule has 0 unspecified atom stereocenters. The van der Waals surface area contributed by atoms with Crippen molar-refractivity contribution in [1.82, 2.24) is 9.55 Å². The molecule has 5 heteroatoms. The lowest BCUT2D eigenvalue weighted by Crippen LogP contribution is -2.05. The number of carbonyl (C=O) groups is 1. The van der Waals surface area contributed by atoms with E-state index in [0.717, 1.165) is 5.69 Å². The zero-order valence-electron chi connectivity index (χ0n) is 10.4. The summed E-state index contributed by atoms with van der Waals surface area (Å²) in [6.07, 6.45) is 0. The first-order valence-corrected chi connectivity index (χ1v) is 5.44. The Morgan fingerprint density at radius 1 is 1.28 bits per heavy atom. The van der Waals surface area contributed by atoms with Crippen LogP contribution in [0.3, 0.4) is 0 Å². The van der Waals surface area contributed by atoms with Gasteiger partial charge in [-0.3, -0.25) is 0 Å². The van der Waals surface area contributed by atoms with Gasteiger partial charge in [0.15, 0.2) is 5.69 Å². The lowest BCUT2D eigenvalue weighted by molar-refractivity contribution is 0.0593. The number of esters is 1. The predicted octanol–water partition coefficient (Wildman–Crippen LogP) is 2.41. The van der Waals surface area contributed by atoms with Gasteiger partial charge in [0.05, 0.1) is 12.8 Å². The van der Waals surface area contributed by atoms with Crippen LogP contribution in [-0.4, -0.2) is 22.6 Å². The van der Waals surface area contributed by atoms with Gasteiger partial charge in [-0.05, 0) is 38.1 Å². The van der Waals surface area contributed by atoms with E-state index in [4.69, 9.17) is 0 Å². The van der Waals surface area contributed by atoms with Gasteiger partial charge in [-0.25, -0.2) is 14.2 Å². The number of carbonyl (C=O) groups excluding carboxylic acids is 1. The maximum Gasteiger partial charge on any atom is 0.358 e. The Bertz CT molecular complexity index is 588. The molecule has 0 bridgehead atoms. The molecule has 0 amide bonds. The standard InChI is InChI=1S/C13H13FN2O2/c1-8-12(13(17)18-3)15-9(2)16(8)11-6-4-10(14)5-7-11/h4-7H,1-3H3. The molecular formula is C13H13FN2O2. The van der Waals surface area contributed by atoms with Crippen LogP contribution in [-0.2, 0) is 4.74 Å². The molecular weight excluding hydrogens is 235 g/mol. The Kier molecular flexibility index (Phi) is 3.14. The van der Waals surface area contributed by atoms with Crippen molar-refractivity contribution in [2.75, 3.05) is 7.11 Å². The normalized spacial score (nSPS) is 10.4. The molecule has 0 aliphatic heterocycles. The topological polar surface area (TPSA) is 44.1 Å². The monoisotopic (exact) mass is 248 g/mol. The fourth-order valence-corrected chi connectivity index (χ4v) is 1.90. The number of aryl methyl sites for hydroxylation is 1. The molecule has 1 aromatic heterocycles. The quantitative estimate of drug-likeness (QED) is 0.766. The van der Waals surface area contributed by atoms with Crippen LogP contribution in [0.15, 0.2) is 24.3 Å². The fourth-order valence-electron chi connectivity index (χ4n) is 1.90. The molecule has 18 heavy (non-hydrogen) atoms. The molecule has 0 saturated carbocycles. The second-order valence-corrected chi connectivity index (χ2v) is 3.90. The fraction of sp³-hybridized carbons (Fsp3) is 0.231. The van der Waals surface area contributed by atoms with E-state index in [-0.39, 0.29) is 11.5 Å². The summed E-state index contributed by atoms with van der Waals surface area (Å²) in [5.74, 6) is -0.127. The van der Waals surface area contributed by atoms with E-state index >= 15 is 0 Å². The van der Waals surface area contributed by atoms with Gasteiger partial charge in [0, 0.05) is 5.69 Å². The number of imidazole rings is 1. The summed E-state index contributed by atoms with van der Waals surface area (Å²) in [5.41, 5.74) is 1.71. The van der Waals surface area contributed by atoms with Crippen LogP contribution in [0.4, 0.5) is 4.39 Å². The molecule has 0 radical (unpaired) electrons. The molecule has 94 valence electrons. The summed E-state index contributed by atoms with van der Waals surface area (Å²) >= 11 is 0. The van der Waals surface area contributed by atoms with E-state index < -0.39 is 5.97 Å². The third-order valence-electron chi connectivity index (χ3n) is 2.74. The average Bonchev–Trinajstić information content (AvgIpc) is 2.65. The molecule has 2 rings (SSSR count). The van der Waals surface area contributed by atoms with Crippen molar-refractivity contribution in [3.8, 4) is 5.69 Å². The van der Waals surface area contributed by atoms with Crippen LogP contribution in [0.1, 0.15) is 22.0 Å². The Labute approximate surface area is 104 Å². The van der Waals surface area contributed by atoms with Crippen molar-refractivity contribution in [3.05, 3.63) is 47.3 Å². The summed E-state index contributed by atoms with van der Waals surface area (Å²) < 4.78 is 19.3. The molecule has 0 fully saturated rings. The third kappa shape index (κ3) is 1.99. The highest BCUT2D eigenvalue weighted by Crippen LogP contribution is 2.18. The number of hydrogen-bond acceptors (Lipinski definition) is 3. The third-order valence-corrected chi connectivity index (χ3v) is 2.74. The number of methoxy groups -OCH3 is 1. The molecule has 0 aliphatic carbocycles. The van der Waals surface area contributed by atoms with Gasteiger partial charge in [0.25, 0.3) is 0 Å². The van der Waals surface area contributed by atoms with E-state index in [1.807, 2.05) is 0 Å². The second-order valence-electron chi connectivity index (χ2n) is 3.90. The number of halogens is 1. The van der Waals surface area contributed by atoms with Gasteiger partial charge in [0.1, 0.15) is 11.6 Å². The van der Waals surface area contributed by atoms with Crippen molar-refractivity contribution in [1.29, 1.82) is 0 Å². The Balaban J connectivity index is 2.55. The summed E-state index contributed by atoms with van der Waals surface area (Å²) in [5, 5.41) is 0. The molecule has 0 saturated heterocycles.